The highest BCUT2D eigenvalue weighted by Crippen LogP contribution is 1.95. The summed E-state index contributed by atoms with van der Waals surface area (Å²) in [5.41, 5.74) is 0.931. The normalized spacial score (nSPS) is 12.8. The predicted octanol–water partition coefficient (Wildman–Crippen LogP) is 1.15. The van der Waals surface area contributed by atoms with E-state index in [1.807, 2.05) is 32.3 Å². The second-order valence-corrected chi connectivity index (χ2v) is 3.67. The van der Waals surface area contributed by atoms with Crippen LogP contribution in [0.15, 0.2) is 23.1 Å². The fourth-order valence-electron chi connectivity index (χ4n) is 1.31. The lowest BCUT2D eigenvalue weighted by Gasteiger charge is -2.11. The third-order valence-corrected chi connectivity index (χ3v) is 2.51. The smallest absolute Gasteiger partial charge is 0.253 e. The number of hydrogen-bond acceptors (Lipinski definition) is 2. The second kappa shape index (κ2) is 4.96. The molecule has 0 saturated heterocycles. The van der Waals surface area contributed by atoms with Crippen molar-refractivity contribution in [3.05, 3.63) is 34.2 Å². The Kier molecular flexibility index (Phi) is 3.89. The summed E-state index contributed by atoms with van der Waals surface area (Å²) in [6.07, 6.45) is 2.82. The number of pyridine rings is 1. The maximum absolute atomic E-state index is 11.6. The first kappa shape index (κ1) is 11.0. The van der Waals surface area contributed by atoms with Crippen LogP contribution in [0.5, 0.6) is 0 Å². The highest BCUT2D eigenvalue weighted by atomic mass is 16.1. The molecule has 0 bridgehead atoms. The van der Waals surface area contributed by atoms with Crippen molar-refractivity contribution in [2.75, 3.05) is 7.05 Å². The molecular formula is C11H18N2O. The van der Waals surface area contributed by atoms with E-state index in [9.17, 15) is 4.79 Å². The van der Waals surface area contributed by atoms with Crippen LogP contribution in [0.3, 0.4) is 0 Å². The molecule has 3 nitrogen and oxygen atoms in total. The molecule has 14 heavy (non-hydrogen) atoms. The highest BCUT2D eigenvalue weighted by molar-refractivity contribution is 5.07. The number of aryl methyl sites for hydroxylation is 2. The van der Waals surface area contributed by atoms with Crippen molar-refractivity contribution in [2.45, 2.75) is 32.9 Å². The number of nitrogens with one attached hydrogen (secondary N) is 1. The van der Waals surface area contributed by atoms with Gasteiger partial charge in [0.2, 0.25) is 0 Å². The van der Waals surface area contributed by atoms with Gasteiger partial charge in [-0.2, -0.15) is 0 Å². The van der Waals surface area contributed by atoms with E-state index in [4.69, 9.17) is 0 Å². The van der Waals surface area contributed by atoms with Crippen LogP contribution in [0.4, 0.5) is 0 Å². The van der Waals surface area contributed by atoms with Crippen LogP contribution in [-0.4, -0.2) is 17.7 Å². The Balaban J connectivity index is 2.68. The van der Waals surface area contributed by atoms with Gasteiger partial charge < -0.3 is 9.88 Å². The first-order chi connectivity index (χ1) is 6.65. The lowest BCUT2D eigenvalue weighted by atomic mass is 10.2. The zero-order valence-electron chi connectivity index (χ0n) is 9.08. The fourth-order valence-corrected chi connectivity index (χ4v) is 1.31. The summed E-state index contributed by atoms with van der Waals surface area (Å²) in [6.45, 7) is 4.74. The van der Waals surface area contributed by atoms with Crippen LogP contribution in [-0.2, 0) is 6.54 Å². The zero-order valence-corrected chi connectivity index (χ0v) is 9.08. The van der Waals surface area contributed by atoms with E-state index in [1.165, 1.54) is 0 Å². The van der Waals surface area contributed by atoms with E-state index in [2.05, 4.69) is 12.2 Å². The molecular weight excluding hydrogens is 176 g/mol. The van der Waals surface area contributed by atoms with Gasteiger partial charge in [-0.3, -0.25) is 4.79 Å². The predicted molar refractivity (Wildman–Crippen MR) is 58.6 cm³/mol. The Morgan fingerprint density at radius 3 is 2.93 bits per heavy atom. The maximum Gasteiger partial charge on any atom is 0.253 e. The molecule has 1 aromatic rings. The van der Waals surface area contributed by atoms with Crippen LogP contribution < -0.4 is 10.9 Å². The van der Waals surface area contributed by atoms with Gasteiger partial charge in [0.1, 0.15) is 0 Å². The summed E-state index contributed by atoms with van der Waals surface area (Å²) in [7, 11) is 1.93. The van der Waals surface area contributed by atoms with Gasteiger partial charge in [-0.1, -0.05) is 6.07 Å². The molecule has 0 amide bonds. The summed E-state index contributed by atoms with van der Waals surface area (Å²) >= 11 is 0. The summed E-state index contributed by atoms with van der Waals surface area (Å²) in [4.78, 5) is 11.6. The first-order valence-corrected chi connectivity index (χ1v) is 4.98. The summed E-state index contributed by atoms with van der Waals surface area (Å²) in [5.74, 6) is 0. The third-order valence-electron chi connectivity index (χ3n) is 2.51. The molecule has 1 rings (SSSR count). The SMILES string of the molecule is CNC(C)CCn1cccc(C)c1=O. The molecule has 1 aromatic heterocycles. The van der Waals surface area contributed by atoms with E-state index < -0.39 is 0 Å². The minimum Gasteiger partial charge on any atom is -0.317 e. The average molecular weight is 194 g/mol. The van der Waals surface area contributed by atoms with Gasteiger partial charge in [0.05, 0.1) is 0 Å². The molecule has 1 heterocycles. The van der Waals surface area contributed by atoms with Crippen molar-refractivity contribution >= 4 is 0 Å². The molecule has 3 heteroatoms. The molecule has 0 aliphatic carbocycles. The molecule has 1 unspecified atom stereocenters. The molecule has 78 valence electrons. The Morgan fingerprint density at radius 2 is 2.29 bits per heavy atom. The molecule has 0 fully saturated rings. The zero-order chi connectivity index (χ0) is 10.6. The van der Waals surface area contributed by atoms with Crippen molar-refractivity contribution < 1.29 is 0 Å². The largest absolute Gasteiger partial charge is 0.317 e. The molecule has 0 spiro atoms. The van der Waals surface area contributed by atoms with Crippen LogP contribution in [0.2, 0.25) is 0 Å². The van der Waals surface area contributed by atoms with Gasteiger partial charge in [0.25, 0.3) is 5.56 Å². The van der Waals surface area contributed by atoms with Crippen molar-refractivity contribution in [1.82, 2.24) is 9.88 Å². The molecule has 1 N–H and O–H groups in total. The fraction of sp³-hybridized carbons (Fsp3) is 0.545. The monoisotopic (exact) mass is 194 g/mol. The van der Waals surface area contributed by atoms with Gasteiger partial charge in [-0.25, -0.2) is 0 Å². The molecule has 0 aliphatic heterocycles. The third kappa shape index (κ3) is 2.70. The van der Waals surface area contributed by atoms with Gasteiger partial charge in [0, 0.05) is 24.3 Å². The van der Waals surface area contributed by atoms with E-state index in [0.717, 1.165) is 18.5 Å². The van der Waals surface area contributed by atoms with Gasteiger partial charge >= 0.3 is 0 Å². The van der Waals surface area contributed by atoms with Crippen LogP contribution in [0.1, 0.15) is 18.9 Å². The lowest BCUT2D eigenvalue weighted by molar-refractivity contribution is 0.502. The van der Waals surface area contributed by atoms with Crippen molar-refractivity contribution in [3.8, 4) is 0 Å². The summed E-state index contributed by atoms with van der Waals surface area (Å²) in [5, 5.41) is 3.15. The minimum absolute atomic E-state index is 0.121. The first-order valence-electron chi connectivity index (χ1n) is 4.98. The quantitative estimate of drug-likeness (QED) is 0.780. The van der Waals surface area contributed by atoms with E-state index >= 15 is 0 Å². The minimum atomic E-state index is 0.121. The van der Waals surface area contributed by atoms with Crippen molar-refractivity contribution in [2.24, 2.45) is 0 Å². The lowest BCUT2D eigenvalue weighted by Crippen LogP contribution is -2.27. The topological polar surface area (TPSA) is 34.0 Å². The van der Waals surface area contributed by atoms with E-state index in [0.29, 0.717) is 6.04 Å². The molecule has 0 radical (unpaired) electrons. The standard InChI is InChI=1S/C11H18N2O/c1-9-5-4-7-13(11(9)14)8-6-10(2)12-3/h4-5,7,10,12H,6,8H2,1-3H3. The van der Waals surface area contributed by atoms with E-state index in [1.54, 1.807) is 4.57 Å². The van der Waals surface area contributed by atoms with E-state index in [-0.39, 0.29) is 5.56 Å². The molecule has 1 atom stereocenters. The van der Waals surface area contributed by atoms with Crippen LogP contribution in [0.25, 0.3) is 0 Å². The Morgan fingerprint density at radius 1 is 1.57 bits per heavy atom. The van der Waals surface area contributed by atoms with Crippen molar-refractivity contribution in [1.29, 1.82) is 0 Å². The average Bonchev–Trinajstić information content (AvgIpc) is 2.20. The number of nitrogens with zero attached hydrogens (tertiary/aromatic N) is 1. The van der Waals surface area contributed by atoms with Gasteiger partial charge in [-0.05, 0) is 33.4 Å². The number of aromatic nitrogens is 1. The summed E-state index contributed by atoms with van der Waals surface area (Å²) < 4.78 is 1.77. The second-order valence-electron chi connectivity index (χ2n) is 3.67. The maximum atomic E-state index is 11.6. The Bertz CT molecular complexity index is 343. The molecule has 0 saturated carbocycles. The van der Waals surface area contributed by atoms with Gasteiger partial charge in [-0.15, -0.1) is 0 Å². The van der Waals surface area contributed by atoms with Crippen LogP contribution in [0, 0.1) is 6.92 Å². The number of hydrogen-bond donors (Lipinski definition) is 1. The number of rotatable bonds is 4. The summed E-state index contributed by atoms with van der Waals surface area (Å²) in [6, 6.07) is 4.21. The molecule has 0 aromatic carbocycles. The van der Waals surface area contributed by atoms with Gasteiger partial charge in [0.15, 0.2) is 0 Å². The van der Waals surface area contributed by atoms with Crippen LogP contribution >= 0.6 is 0 Å². The van der Waals surface area contributed by atoms with Crippen molar-refractivity contribution in [3.63, 3.8) is 0 Å². The molecule has 0 aliphatic rings. The Labute approximate surface area is 84.8 Å². The Hall–Kier alpha value is -1.09. The highest BCUT2D eigenvalue weighted by Gasteiger charge is 2.01.